The summed E-state index contributed by atoms with van der Waals surface area (Å²) in [5, 5.41) is 3.69. The third-order valence-electron chi connectivity index (χ3n) is 22.3. The van der Waals surface area contributed by atoms with E-state index in [0.717, 1.165) is 27.6 Å². The lowest BCUT2D eigenvalue weighted by atomic mass is 9.35. The highest BCUT2D eigenvalue weighted by atomic mass is 32.1. The SMILES string of the molecule is Cc1cc2c3c(c1)N(c1cccc4c1oc1ccccc14)c1cc4c(cc1B3c1sc3c5c(ccc3c1N2c1ccc2c(c1)C(C)(C)CCC2(C)C)C(C)(C)CCC5(C)C)C(C)(C)c1cc2c(cc1C4(C)C)C(C)(C)CCC2(C)C. The number of para-hydroxylation sites is 2. The molecule has 0 fully saturated rings. The normalized spacial score (nSPS) is 21.2. The van der Waals surface area contributed by atoms with Gasteiger partial charge in [-0.05, 0) is 193 Å². The molecule has 2 aliphatic heterocycles. The number of nitrogens with zero attached hydrogens (tertiary/aromatic N) is 2. The third-order valence-corrected chi connectivity index (χ3v) is 23.6. The van der Waals surface area contributed by atoms with E-state index in [2.05, 4.69) is 248 Å². The molecule has 0 unspecified atom stereocenters. The number of hydrogen-bond donors (Lipinski definition) is 0. The van der Waals surface area contributed by atoms with Crippen LogP contribution >= 0.6 is 11.3 Å². The van der Waals surface area contributed by atoms with Crippen molar-refractivity contribution in [1.82, 2.24) is 0 Å². The largest absolute Gasteiger partial charge is 0.454 e. The molecule has 3 nitrogen and oxygen atoms in total. The van der Waals surface area contributed by atoms with Gasteiger partial charge in [0.2, 0.25) is 0 Å². The molecule has 4 aliphatic carbocycles. The second-order valence-electron chi connectivity index (χ2n) is 30.9. The smallest absolute Gasteiger partial charge is 0.264 e. The van der Waals surface area contributed by atoms with E-state index in [1.165, 1.54) is 143 Å². The maximum absolute atomic E-state index is 7.13. The fourth-order valence-electron chi connectivity index (χ4n) is 17.0. The zero-order valence-electron chi connectivity index (χ0n) is 50.9. The summed E-state index contributed by atoms with van der Waals surface area (Å²) in [6, 6.07) is 44.0. The lowest BCUT2D eigenvalue weighted by molar-refractivity contribution is 0.329. The summed E-state index contributed by atoms with van der Waals surface area (Å²) in [6.45, 7) is 42.3. The predicted molar refractivity (Wildman–Crippen MR) is 344 cm³/mol. The van der Waals surface area contributed by atoms with Crippen LogP contribution in [0.1, 0.15) is 211 Å². The lowest BCUT2D eigenvalue weighted by Gasteiger charge is -2.50. The highest BCUT2D eigenvalue weighted by Crippen LogP contribution is 2.59. The van der Waals surface area contributed by atoms with Gasteiger partial charge < -0.3 is 14.2 Å². The van der Waals surface area contributed by atoms with Gasteiger partial charge >= 0.3 is 0 Å². The molecular formula is C75H81BN2OS. The molecule has 0 radical (unpaired) electrons. The van der Waals surface area contributed by atoms with Crippen LogP contribution in [0.3, 0.4) is 0 Å². The van der Waals surface area contributed by atoms with E-state index < -0.39 is 0 Å². The Morgan fingerprint density at radius 3 is 1.60 bits per heavy atom. The van der Waals surface area contributed by atoms with Gasteiger partial charge in [0.1, 0.15) is 5.58 Å². The van der Waals surface area contributed by atoms with Crippen LogP contribution in [0.5, 0.6) is 0 Å². The van der Waals surface area contributed by atoms with Crippen molar-refractivity contribution in [3.63, 3.8) is 0 Å². The standard InChI is InChI=1S/C75H81BN2OS/c1-42-35-59-63-60(36-42)78(57-23-20-22-45-44-21-18-19-24-61(44)79-65(45)57)58-41-55-54(74(14,15)52-38-50-51(39-53(52)75(55,16)17)72(10,11)32-31-71(50,8)9)40-56(58)76(63)67-64(46-26-28-48-62(66(46)80-67)73(12,13)34-33-69(48,4)5)77(59)43-25-27-47-49(37-43)70(6,7)30-29-68(47,2)3/h18-28,35-41H,29-34H2,1-17H3. The minimum Gasteiger partial charge on any atom is -0.454 e. The number of benzene rings is 7. The Balaban J connectivity index is 1.08. The minimum atomic E-state index is -0.282. The minimum absolute atomic E-state index is 0.0241. The van der Waals surface area contributed by atoms with Crippen molar-refractivity contribution in [2.75, 3.05) is 9.80 Å². The summed E-state index contributed by atoms with van der Waals surface area (Å²) in [5.41, 5.74) is 28.3. The zero-order valence-corrected chi connectivity index (χ0v) is 51.7. The van der Waals surface area contributed by atoms with Crippen LogP contribution < -0.4 is 25.5 Å². The molecular weight excluding hydrogens is 988 g/mol. The van der Waals surface area contributed by atoms with Crippen LogP contribution in [0.25, 0.3) is 32.0 Å². The molecule has 9 aromatic rings. The number of rotatable bonds is 2. The lowest BCUT2D eigenvalue weighted by Crippen LogP contribution is -2.61. The molecule has 5 heteroatoms. The molecule has 15 rings (SSSR count). The monoisotopic (exact) mass is 1070 g/mol. The van der Waals surface area contributed by atoms with Gasteiger partial charge in [0, 0.05) is 59.2 Å². The Hall–Kier alpha value is -6.04. The maximum atomic E-state index is 7.13. The van der Waals surface area contributed by atoms with Gasteiger partial charge in [0.05, 0.1) is 11.4 Å². The molecule has 0 atom stereocenters. The van der Waals surface area contributed by atoms with Crippen molar-refractivity contribution >= 4 is 99.9 Å². The summed E-state index contributed by atoms with van der Waals surface area (Å²) in [6.07, 6.45) is 7.11. The molecule has 0 N–H and O–H groups in total. The molecule has 406 valence electrons. The van der Waals surface area contributed by atoms with E-state index in [1.54, 1.807) is 11.1 Å². The van der Waals surface area contributed by atoms with E-state index in [4.69, 9.17) is 4.42 Å². The van der Waals surface area contributed by atoms with Gasteiger partial charge in [-0.25, -0.2) is 0 Å². The molecule has 4 heterocycles. The quantitative estimate of drug-likeness (QED) is 0.161. The number of hydrogen-bond acceptors (Lipinski definition) is 4. The molecule has 6 aliphatic rings. The predicted octanol–water partition coefficient (Wildman–Crippen LogP) is 19.2. The van der Waals surface area contributed by atoms with Crippen LogP contribution in [0.4, 0.5) is 34.1 Å². The van der Waals surface area contributed by atoms with Crippen molar-refractivity contribution in [1.29, 1.82) is 0 Å². The maximum Gasteiger partial charge on any atom is 0.264 e. The number of fused-ring (bicyclic) bond motifs is 15. The number of furan rings is 1. The van der Waals surface area contributed by atoms with Crippen molar-refractivity contribution < 1.29 is 4.42 Å². The second-order valence-corrected chi connectivity index (χ2v) is 32.0. The summed E-state index contributed by atoms with van der Waals surface area (Å²) in [7, 11) is 0. The molecule has 7 aromatic carbocycles. The highest BCUT2D eigenvalue weighted by Gasteiger charge is 2.52. The summed E-state index contributed by atoms with van der Waals surface area (Å²) >= 11 is 2.12. The van der Waals surface area contributed by atoms with E-state index in [1.807, 2.05) is 0 Å². The van der Waals surface area contributed by atoms with Gasteiger partial charge in [-0.2, -0.15) is 0 Å². The first-order valence-corrected chi connectivity index (χ1v) is 31.1. The Morgan fingerprint density at radius 1 is 0.425 bits per heavy atom. The molecule has 0 amide bonds. The van der Waals surface area contributed by atoms with Crippen LogP contribution in [-0.2, 0) is 43.3 Å². The van der Waals surface area contributed by atoms with Crippen LogP contribution in [-0.4, -0.2) is 6.71 Å². The fourth-order valence-corrected chi connectivity index (χ4v) is 18.6. The van der Waals surface area contributed by atoms with Gasteiger partial charge in [-0.3, -0.25) is 0 Å². The Morgan fingerprint density at radius 2 is 0.950 bits per heavy atom. The second kappa shape index (κ2) is 15.7. The number of aryl methyl sites for hydroxylation is 1. The number of anilines is 6. The van der Waals surface area contributed by atoms with Crippen molar-refractivity contribution in [3.8, 4) is 0 Å². The van der Waals surface area contributed by atoms with Crippen molar-refractivity contribution in [2.45, 2.75) is 200 Å². The van der Waals surface area contributed by atoms with Crippen molar-refractivity contribution in [3.05, 3.63) is 170 Å². The van der Waals surface area contributed by atoms with Crippen LogP contribution in [0.15, 0.2) is 114 Å². The van der Waals surface area contributed by atoms with E-state index in [0.29, 0.717) is 0 Å². The highest BCUT2D eigenvalue weighted by molar-refractivity contribution is 7.34. The van der Waals surface area contributed by atoms with Crippen LogP contribution in [0, 0.1) is 6.92 Å². The Labute approximate surface area is 481 Å². The molecule has 0 saturated carbocycles. The summed E-state index contributed by atoms with van der Waals surface area (Å²) in [5.74, 6) is 0. The van der Waals surface area contributed by atoms with Crippen molar-refractivity contribution in [2.24, 2.45) is 0 Å². The van der Waals surface area contributed by atoms with Crippen LogP contribution in [0.2, 0.25) is 0 Å². The molecule has 0 spiro atoms. The first-order chi connectivity index (χ1) is 37.5. The van der Waals surface area contributed by atoms with E-state index in [-0.39, 0.29) is 50.0 Å². The average molecular weight is 1070 g/mol. The molecule has 80 heavy (non-hydrogen) atoms. The first kappa shape index (κ1) is 50.9. The molecule has 2 aromatic heterocycles. The zero-order chi connectivity index (χ0) is 56.1. The number of thiophene rings is 1. The fraction of sp³-hybridized carbons (Fsp3) is 0.413. The summed E-state index contributed by atoms with van der Waals surface area (Å²) < 4.78 is 10.1. The summed E-state index contributed by atoms with van der Waals surface area (Å²) in [4.78, 5) is 5.41. The average Bonchev–Trinajstić information content (AvgIpc) is 3.76. The molecule has 0 saturated heterocycles. The third kappa shape index (κ3) is 6.62. The van der Waals surface area contributed by atoms with Gasteiger partial charge in [0.15, 0.2) is 5.58 Å². The van der Waals surface area contributed by atoms with E-state index in [9.17, 15) is 0 Å². The van der Waals surface area contributed by atoms with Gasteiger partial charge in [-0.1, -0.05) is 178 Å². The first-order valence-electron chi connectivity index (χ1n) is 30.3. The Kier molecular flexibility index (Phi) is 10.0. The van der Waals surface area contributed by atoms with Gasteiger partial charge in [-0.15, -0.1) is 11.3 Å². The molecule has 0 bridgehead atoms. The van der Waals surface area contributed by atoms with Gasteiger partial charge in [0.25, 0.3) is 6.71 Å². The Bertz CT molecular complexity index is 4240. The topological polar surface area (TPSA) is 19.6 Å². The van der Waals surface area contributed by atoms with E-state index >= 15 is 0 Å².